The molecule has 1 amide bonds. The van der Waals surface area contributed by atoms with E-state index in [2.05, 4.69) is 13.8 Å². The molecule has 0 saturated carbocycles. The summed E-state index contributed by atoms with van der Waals surface area (Å²) in [5.41, 5.74) is 0.893. The first-order valence-electron chi connectivity index (χ1n) is 9.10. The third kappa shape index (κ3) is 4.30. The minimum absolute atomic E-state index is 0.0765. The van der Waals surface area contributed by atoms with Crippen molar-refractivity contribution < 1.29 is 17.9 Å². The van der Waals surface area contributed by atoms with Crippen LogP contribution < -0.4 is 9.04 Å². The Balaban J connectivity index is 2.30. The fourth-order valence-electron chi connectivity index (χ4n) is 2.78. The van der Waals surface area contributed by atoms with Crippen LogP contribution in [0.3, 0.4) is 0 Å². The van der Waals surface area contributed by atoms with Crippen LogP contribution in [0.1, 0.15) is 31.1 Å². The second-order valence-corrected chi connectivity index (χ2v) is 9.04. The van der Waals surface area contributed by atoms with Crippen LogP contribution in [0, 0.1) is 5.92 Å². The fourth-order valence-corrected chi connectivity index (χ4v) is 3.99. The van der Waals surface area contributed by atoms with Crippen LogP contribution in [-0.4, -0.2) is 46.5 Å². The van der Waals surface area contributed by atoms with Crippen molar-refractivity contribution in [2.24, 2.45) is 5.92 Å². The number of carbonyl (C=O) groups is 1. The lowest BCUT2D eigenvalue weighted by molar-refractivity contribution is 0.0707. The van der Waals surface area contributed by atoms with E-state index in [4.69, 9.17) is 4.74 Å². The maximum Gasteiger partial charge on any atom is 0.264 e. The Morgan fingerprint density at radius 2 is 1.54 bits per heavy atom. The molecule has 0 N–H and O–H groups in total. The van der Waals surface area contributed by atoms with Crippen molar-refractivity contribution in [2.75, 3.05) is 25.5 Å². The molecular formula is C21H28N2O4S. The van der Waals surface area contributed by atoms with Gasteiger partial charge in [-0.2, -0.15) is 0 Å². The number of para-hydroxylation sites is 2. The van der Waals surface area contributed by atoms with Crippen molar-refractivity contribution in [1.29, 1.82) is 0 Å². The van der Waals surface area contributed by atoms with Crippen LogP contribution in [0.5, 0.6) is 5.75 Å². The monoisotopic (exact) mass is 404 g/mol. The molecule has 0 aliphatic rings. The molecule has 2 aromatic carbocycles. The lowest BCUT2D eigenvalue weighted by Crippen LogP contribution is -2.38. The predicted molar refractivity (Wildman–Crippen MR) is 111 cm³/mol. The summed E-state index contributed by atoms with van der Waals surface area (Å²) in [6, 6.07) is 13.0. The molecule has 7 heteroatoms. The maximum atomic E-state index is 13.0. The number of anilines is 1. The third-order valence-corrected chi connectivity index (χ3v) is 6.87. The molecule has 0 aromatic heterocycles. The van der Waals surface area contributed by atoms with Gasteiger partial charge in [0.25, 0.3) is 15.9 Å². The molecule has 0 bridgehead atoms. The van der Waals surface area contributed by atoms with Crippen molar-refractivity contribution in [2.45, 2.75) is 31.7 Å². The molecular weight excluding hydrogens is 376 g/mol. The highest BCUT2D eigenvalue weighted by Crippen LogP contribution is 2.31. The highest BCUT2D eigenvalue weighted by atomic mass is 32.2. The average Bonchev–Trinajstić information content (AvgIpc) is 2.71. The number of benzene rings is 2. The van der Waals surface area contributed by atoms with Gasteiger partial charge in [-0.1, -0.05) is 26.0 Å². The van der Waals surface area contributed by atoms with Crippen LogP contribution in [0.25, 0.3) is 0 Å². The zero-order valence-corrected chi connectivity index (χ0v) is 18.0. The second-order valence-electron chi connectivity index (χ2n) is 7.07. The molecule has 0 aliphatic carbocycles. The Bertz CT molecular complexity index is 924. The molecule has 6 nitrogen and oxygen atoms in total. The number of methoxy groups -OCH3 is 1. The van der Waals surface area contributed by atoms with Gasteiger partial charge in [0.1, 0.15) is 5.75 Å². The van der Waals surface area contributed by atoms with Crippen LogP contribution in [0.2, 0.25) is 0 Å². The van der Waals surface area contributed by atoms with Crippen molar-refractivity contribution in [3.05, 3.63) is 54.1 Å². The van der Waals surface area contributed by atoms with Gasteiger partial charge in [-0.25, -0.2) is 8.42 Å². The molecule has 0 unspecified atom stereocenters. The largest absolute Gasteiger partial charge is 0.495 e. The van der Waals surface area contributed by atoms with E-state index in [1.165, 1.54) is 30.6 Å². The quantitative estimate of drug-likeness (QED) is 0.707. The number of hydrogen-bond acceptors (Lipinski definition) is 4. The lowest BCUT2D eigenvalue weighted by atomic mass is 10.0. The van der Waals surface area contributed by atoms with Crippen molar-refractivity contribution in [3.63, 3.8) is 0 Å². The Hall–Kier alpha value is -2.54. The molecule has 0 spiro atoms. The number of hydrogen-bond donors (Lipinski definition) is 0. The molecule has 152 valence electrons. The highest BCUT2D eigenvalue weighted by Gasteiger charge is 2.25. The van der Waals surface area contributed by atoms with Gasteiger partial charge in [-0.05, 0) is 49.2 Å². The van der Waals surface area contributed by atoms with Gasteiger partial charge in [0.2, 0.25) is 0 Å². The summed E-state index contributed by atoms with van der Waals surface area (Å²) in [7, 11) is 0.939. The smallest absolute Gasteiger partial charge is 0.264 e. The second kappa shape index (κ2) is 8.65. The van der Waals surface area contributed by atoms with E-state index < -0.39 is 10.0 Å². The molecule has 0 radical (unpaired) electrons. The first-order valence-corrected chi connectivity index (χ1v) is 10.5. The van der Waals surface area contributed by atoms with E-state index in [1.807, 2.05) is 6.92 Å². The summed E-state index contributed by atoms with van der Waals surface area (Å²) >= 11 is 0. The maximum absolute atomic E-state index is 13.0. The van der Waals surface area contributed by atoms with Gasteiger partial charge in [0, 0.05) is 25.7 Å². The van der Waals surface area contributed by atoms with Gasteiger partial charge < -0.3 is 9.64 Å². The SMILES string of the molecule is COc1ccccc1N(C)S(=O)(=O)c1ccc(C(=O)N(C)[C@H](C)C(C)C)cc1. The highest BCUT2D eigenvalue weighted by molar-refractivity contribution is 7.92. The number of ether oxygens (including phenoxy) is 1. The van der Waals surface area contributed by atoms with E-state index in [0.29, 0.717) is 22.9 Å². The first kappa shape index (κ1) is 21.8. The number of amides is 1. The average molecular weight is 405 g/mol. The standard InChI is InChI=1S/C21H28N2O4S/c1-15(2)16(3)22(4)21(24)17-11-13-18(14-12-17)28(25,26)23(5)19-9-7-8-10-20(19)27-6/h7-16H,1-6H3/t16-/m1/s1. The van der Waals surface area contributed by atoms with Crippen molar-refractivity contribution in [3.8, 4) is 5.75 Å². The van der Waals surface area contributed by atoms with Crippen LogP contribution in [0.15, 0.2) is 53.4 Å². The normalized spacial score (nSPS) is 12.5. The molecule has 28 heavy (non-hydrogen) atoms. The van der Waals surface area contributed by atoms with Crippen molar-refractivity contribution in [1.82, 2.24) is 4.90 Å². The predicted octanol–water partition coefficient (Wildman–Crippen LogP) is 3.64. The fraction of sp³-hybridized carbons (Fsp3) is 0.381. The summed E-state index contributed by atoms with van der Waals surface area (Å²) < 4.78 is 32.4. The first-order chi connectivity index (χ1) is 13.1. The van der Waals surface area contributed by atoms with E-state index in [-0.39, 0.29) is 16.8 Å². The summed E-state index contributed by atoms with van der Waals surface area (Å²) in [4.78, 5) is 14.4. The molecule has 2 rings (SSSR count). The van der Waals surface area contributed by atoms with Gasteiger partial charge in [0.15, 0.2) is 0 Å². The van der Waals surface area contributed by atoms with Crippen LogP contribution in [-0.2, 0) is 10.0 Å². The Morgan fingerprint density at radius 3 is 2.07 bits per heavy atom. The molecule has 1 atom stereocenters. The molecule has 0 heterocycles. The van der Waals surface area contributed by atoms with E-state index >= 15 is 0 Å². The lowest BCUT2D eigenvalue weighted by Gasteiger charge is -2.28. The Morgan fingerprint density at radius 1 is 0.964 bits per heavy atom. The number of rotatable bonds is 7. The number of sulfonamides is 1. The van der Waals surface area contributed by atoms with E-state index in [1.54, 1.807) is 48.3 Å². The minimum Gasteiger partial charge on any atom is -0.495 e. The van der Waals surface area contributed by atoms with Gasteiger partial charge in [0.05, 0.1) is 17.7 Å². The van der Waals surface area contributed by atoms with Crippen LogP contribution in [0.4, 0.5) is 5.69 Å². The minimum atomic E-state index is -3.79. The zero-order valence-electron chi connectivity index (χ0n) is 17.2. The summed E-state index contributed by atoms with van der Waals surface area (Å²) in [6.07, 6.45) is 0. The topological polar surface area (TPSA) is 66.9 Å². The number of carbonyl (C=O) groups excluding carboxylic acids is 1. The Labute approximate surface area is 167 Å². The summed E-state index contributed by atoms with van der Waals surface area (Å²) in [5, 5.41) is 0. The molecule has 0 saturated heterocycles. The molecule has 2 aromatic rings. The third-order valence-electron chi connectivity index (χ3n) is 5.08. The molecule has 0 fully saturated rings. The van der Waals surface area contributed by atoms with Crippen molar-refractivity contribution >= 4 is 21.6 Å². The number of nitrogens with zero attached hydrogens (tertiary/aromatic N) is 2. The molecule has 0 aliphatic heterocycles. The van der Waals surface area contributed by atoms with E-state index in [0.717, 1.165) is 0 Å². The summed E-state index contributed by atoms with van der Waals surface area (Å²) in [5.74, 6) is 0.649. The van der Waals surface area contributed by atoms with E-state index in [9.17, 15) is 13.2 Å². The Kier molecular flexibility index (Phi) is 6.72. The van der Waals surface area contributed by atoms with Gasteiger partial charge in [-0.15, -0.1) is 0 Å². The van der Waals surface area contributed by atoms with Crippen LogP contribution >= 0.6 is 0 Å². The van der Waals surface area contributed by atoms with Gasteiger partial charge in [-0.3, -0.25) is 9.10 Å². The zero-order chi connectivity index (χ0) is 21.1. The van der Waals surface area contributed by atoms with Gasteiger partial charge >= 0.3 is 0 Å². The summed E-state index contributed by atoms with van der Waals surface area (Å²) in [6.45, 7) is 6.10.